The van der Waals surface area contributed by atoms with Gasteiger partial charge in [-0.1, -0.05) is 60.2 Å². The first-order chi connectivity index (χ1) is 10.1. The summed E-state index contributed by atoms with van der Waals surface area (Å²) in [6.45, 7) is 3.73. The van der Waals surface area contributed by atoms with Crippen molar-refractivity contribution < 1.29 is 4.79 Å². The lowest BCUT2D eigenvalue weighted by Gasteiger charge is -2.21. The molecule has 2 heteroatoms. The fraction of sp³-hybridized carbons (Fsp3) is 0.211. The van der Waals surface area contributed by atoms with E-state index >= 15 is 0 Å². The SMILES string of the molecule is CC(=O)N1c2ccc(C)cc2C[C@H]1/C=C/c1ccccc1. The number of carbonyl (C=O) groups excluding carboxylic acids is 1. The fourth-order valence-electron chi connectivity index (χ4n) is 2.95. The molecule has 0 aliphatic carbocycles. The van der Waals surface area contributed by atoms with E-state index in [1.165, 1.54) is 11.1 Å². The van der Waals surface area contributed by atoms with Crippen LogP contribution in [0.5, 0.6) is 0 Å². The van der Waals surface area contributed by atoms with Crippen molar-refractivity contribution in [3.63, 3.8) is 0 Å². The summed E-state index contributed by atoms with van der Waals surface area (Å²) in [5.41, 5.74) is 4.71. The van der Waals surface area contributed by atoms with Crippen LogP contribution in [0, 0.1) is 6.92 Å². The predicted molar refractivity (Wildman–Crippen MR) is 87.3 cm³/mol. The Balaban J connectivity index is 1.90. The molecule has 2 aromatic carbocycles. The molecule has 1 aliphatic rings. The van der Waals surface area contributed by atoms with Gasteiger partial charge in [0.1, 0.15) is 0 Å². The zero-order chi connectivity index (χ0) is 14.8. The Labute approximate surface area is 125 Å². The molecule has 0 spiro atoms. The standard InChI is InChI=1S/C19H19NO/c1-14-8-11-19-17(12-14)13-18(20(19)15(2)21)10-9-16-6-4-3-5-7-16/h3-12,18H,13H2,1-2H3/b10-9+/t18-/m1/s1. The molecule has 2 nitrogen and oxygen atoms in total. The van der Waals surface area contributed by atoms with Gasteiger partial charge in [-0.25, -0.2) is 0 Å². The van der Waals surface area contributed by atoms with Crippen molar-refractivity contribution in [2.75, 3.05) is 4.90 Å². The second-order valence-electron chi connectivity index (χ2n) is 5.56. The molecule has 1 amide bonds. The molecule has 0 aromatic heterocycles. The highest BCUT2D eigenvalue weighted by Gasteiger charge is 2.30. The highest BCUT2D eigenvalue weighted by atomic mass is 16.2. The second kappa shape index (κ2) is 5.57. The van der Waals surface area contributed by atoms with Gasteiger partial charge in [-0.3, -0.25) is 4.79 Å². The summed E-state index contributed by atoms with van der Waals surface area (Å²) < 4.78 is 0. The molecule has 3 rings (SSSR count). The Kier molecular flexibility index (Phi) is 3.61. The Hall–Kier alpha value is -2.35. The summed E-state index contributed by atoms with van der Waals surface area (Å²) in [6, 6.07) is 16.6. The van der Waals surface area contributed by atoms with Crippen LogP contribution >= 0.6 is 0 Å². The summed E-state index contributed by atoms with van der Waals surface area (Å²) in [5.74, 6) is 0.0975. The zero-order valence-electron chi connectivity index (χ0n) is 12.4. The quantitative estimate of drug-likeness (QED) is 0.813. The molecule has 0 fully saturated rings. The van der Waals surface area contributed by atoms with Crippen molar-refractivity contribution in [3.8, 4) is 0 Å². The maximum absolute atomic E-state index is 12.0. The van der Waals surface area contributed by atoms with E-state index in [0.29, 0.717) is 0 Å². The first-order valence-electron chi connectivity index (χ1n) is 7.28. The minimum absolute atomic E-state index is 0.0975. The lowest BCUT2D eigenvalue weighted by atomic mass is 10.1. The summed E-state index contributed by atoms with van der Waals surface area (Å²) in [5, 5.41) is 0. The first-order valence-corrected chi connectivity index (χ1v) is 7.28. The Morgan fingerprint density at radius 2 is 1.95 bits per heavy atom. The van der Waals surface area contributed by atoms with E-state index in [1.54, 1.807) is 6.92 Å². The molecule has 1 aliphatic heterocycles. The molecule has 0 N–H and O–H groups in total. The zero-order valence-corrected chi connectivity index (χ0v) is 12.4. The summed E-state index contributed by atoms with van der Waals surface area (Å²) in [6.07, 6.45) is 5.12. The van der Waals surface area contributed by atoms with E-state index in [9.17, 15) is 4.79 Å². The van der Waals surface area contributed by atoms with E-state index in [4.69, 9.17) is 0 Å². The average Bonchev–Trinajstić information content (AvgIpc) is 2.83. The van der Waals surface area contributed by atoms with Crippen LogP contribution in [0.3, 0.4) is 0 Å². The van der Waals surface area contributed by atoms with Crippen molar-refractivity contribution in [1.29, 1.82) is 0 Å². The summed E-state index contributed by atoms with van der Waals surface area (Å²) in [4.78, 5) is 13.9. The van der Waals surface area contributed by atoms with Gasteiger partial charge in [0.2, 0.25) is 5.91 Å². The molecule has 0 saturated heterocycles. The lowest BCUT2D eigenvalue weighted by Crippen LogP contribution is -2.34. The number of benzene rings is 2. The van der Waals surface area contributed by atoms with E-state index in [1.807, 2.05) is 23.1 Å². The van der Waals surface area contributed by atoms with Gasteiger partial charge in [0, 0.05) is 12.6 Å². The van der Waals surface area contributed by atoms with E-state index in [-0.39, 0.29) is 11.9 Å². The molecular weight excluding hydrogens is 258 g/mol. The molecule has 106 valence electrons. The van der Waals surface area contributed by atoms with Gasteiger partial charge in [-0.15, -0.1) is 0 Å². The van der Waals surface area contributed by atoms with Gasteiger partial charge >= 0.3 is 0 Å². The molecule has 0 unspecified atom stereocenters. The number of nitrogens with zero attached hydrogens (tertiary/aromatic N) is 1. The number of rotatable bonds is 2. The third kappa shape index (κ3) is 2.75. The number of anilines is 1. The maximum atomic E-state index is 12.0. The number of fused-ring (bicyclic) bond motifs is 1. The highest BCUT2D eigenvalue weighted by Crippen LogP contribution is 2.33. The molecule has 0 saturated carbocycles. The lowest BCUT2D eigenvalue weighted by molar-refractivity contribution is -0.116. The molecule has 0 bridgehead atoms. The van der Waals surface area contributed by atoms with Crippen molar-refractivity contribution in [3.05, 3.63) is 71.3 Å². The summed E-state index contributed by atoms with van der Waals surface area (Å²) in [7, 11) is 0. The predicted octanol–water partition coefficient (Wildman–Crippen LogP) is 3.99. The molecular formula is C19H19NO. The van der Waals surface area contributed by atoms with Gasteiger partial charge in [0.25, 0.3) is 0 Å². The third-order valence-corrected chi connectivity index (χ3v) is 3.90. The monoisotopic (exact) mass is 277 g/mol. The Morgan fingerprint density at radius 1 is 1.19 bits per heavy atom. The molecule has 2 aromatic rings. The smallest absolute Gasteiger partial charge is 0.224 e. The van der Waals surface area contributed by atoms with Crippen LogP contribution in [0.15, 0.2) is 54.6 Å². The number of aryl methyl sites for hydroxylation is 1. The Bertz CT molecular complexity index is 688. The second-order valence-corrected chi connectivity index (χ2v) is 5.56. The number of hydrogen-bond acceptors (Lipinski definition) is 1. The maximum Gasteiger partial charge on any atom is 0.224 e. The van der Waals surface area contributed by atoms with Gasteiger partial charge in [-0.2, -0.15) is 0 Å². The topological polar surface area (TPSA) is 20.3 Å². The average molecular weight is 277 g/mol. The van der Waals surface area contributed by atoms with E-state index < -0.39 is 0 Å². The van der Waals surface area contributed by atoms with Crippen LogP contribution in [0.1, 0.15) is 23.6 Å². The van der Waals surface area contributed by atoms with Gasteiger partial charge < -0.3 is 4.90 Å². The fourth-order valence-corrected chi connectivity index (χ4v) is 2.95. The molecule has 0 radical (unpaired) electrons. The highest BCUT2D eigenvalue weighted by molar-refractivity contribution is 5.95. The van der Waals surface area contributed by atoms with Crippen LogP contribution in [0.2, 0.25) is 0 Å². The van der Waals surface area contributed by atoms with Crippen LogP contribution in [0.25, 0.3) is 6.08 Å². The number of hydrogen-bond donors (Lipinski definition) is 0. The van der Waals surface area contributed by atoms with E-state index in [2.05, 4.69) is 49.4 Å². The van der Waals surface area contributed by atoms with Crippen LogP contribution in [0.4, 0.5) is 5.69 Å². The minimum Gasteiger partial charge on any atom is -0.305 e. The molecule has 1 atom stereocenters. The number of carbonyl (C=O) groups is 1. The minimum atomic E-state index is 0.0975. The van der Waals surface area contributed by atoms with Gasteiger partial charge in [0.15, 0.2) is 0 Å². The molecule has 1 heterocycles. The van der Waals surface area contributed by atoms with Crippen LogP contribution < -0.4 is 4.90 Å². The van der Waals surface area contributed by atoms with Crippen LogP contribution in [-0.2, 0) is 11.2 Å². The normalized spacial score (nSPS) is 17.2. The first kappa shape index (κ1) is 13.6. The number of amides is 1. The summed E-state index contributed by atoms with van der Waals surface area (Å²) >= 11 is 0. The van der Waals surface area contributed by atoms with Crippen molar-refractivity contribution >= 4 is 17.7 Å². The van der Waals surface area contributed by atoms with E-state index in [0.717, 1.165) is 17.7 Å². The third-order valence-electron chi connectivity index (χ3n) is 3.90. The van der Waals surface area contributed by atoms with Gasteiger partial charge in [-0.05, 0) is 30.5 Å². The van der Waals surface area contributed by atoms with Gasteiger partial charge in [0.05, 0.1) is 6.04 Å². The van der Waals surface area contributed by atoms with Crippen molar-refractivity contribution in [2.24, 2.45) is 0 Å². The van der Waals surface area contributed by atoms with Crippen molar-refractivity contribution in [2.45, 2.75) is 26.3 Å². The van der Waals surface area contributed by atoms with Crippen molar-refractivity contribution in [1.82, 2.24) is 0 Å². The largest absolute Gasteiger partial charge is 0.305 e. The Morgan fingerprint density at radius 3 is 2.67 bits per heavy atom. The van der Waals surface area contributed by atoms with Crippen LogP contribution in [-0.4, -0.2) is 11.9 Å². The molecule has 21 heavy (non-hydrogen) atoms.